The van der Waals surface area contributed by atoms with Crippen LogP contribution >= 0.6 is 18.2 Å². The van der Waals surface area contributed by atoms with Gasteiger partial charge in [0.05, 0.1) is 6.61 Å². The van der Waals surface area contributed by atoms with Crippen molar-refractivity contribution >= 4 is 28.3 Å². The lowest BCUT2D eigenvalue weighted by Gasteiger charge is -2.17. The lowest BCUT2D eigenvalue weighted by atomic mass is 10.2. The van der Waals surface area contributed by atoms with Crippen LogP contribution in [0, 0.1) is 6.92 Å². The molecule has 0 aliphatic heterocycles. The molecule has 0 fully saturated rings. The molecule has 6 nitrogen and oxygen atoms in total. The molecule has 0 spiro atoms. The molecule has 0 aliphatic carbocycles. The van der Waals surface area contributed by atoms with Gasteiger partial charge in [0.15, 0.2) is 0 Å². The molecule has 0 saturated carbocycles. The number of aryl methyl sites for hydroxylation is 1. The van der Waals surface area contributed by atoms with Crippen LogP contribution in [0.3, 0.4) is 0 Å². The minimum absolute atomic E-state index is 0.0226. The van der Waals surface area contributed by atoms with Gasteiger partial charge in [0.25, 0.3) is 0 Å². The summed E-state index contributed by atoms with van der Waals surface area (Å²) in [6.45, 7) is 2.39. The summed E-state index contributed by atoms with van der Waals surface area (Å²) in [6, 6.07) is 12.4. The SMILES string of the molecule is CCCSP(=O)(OCC)Oc1ccc(S(=O)(=O)Oc2ccccc2C)cc1. The molecule has 1 unspecified atom stereocenters. The number of rotatable bonds is 10. The van der Waals surface area contributed by atoms with E-state index in [4.69, 9.17) is 13.2 Å². The molecule has 0 aliphatic rings. The van der Waals surface area contributed by atoms with Crippen LogP contribution < -0.4 is 8.71 Å². The Morgan fingerprint density at radius 1 is 1.04 bits per heavy atom. The van der Waals surface area contributed by atoms with Crippen molar-refractivity contribution in [2.75, 3.05) is 12.4 Å². The van der Waals surface area contributed by atoms with Gasteiger partial charge >= 0.3 is 16.9 Å². The third-order valence-electron chi connectivity index (χ3n) is 3.36. The standard InChI is InChI=1S/C18H23O6PS2/c1-4-14-26-25(19,22-5-2)23-16-10-12-17(13-11-16)27(20,21)24-18-9-7-6-8-15(18)3/h6-13H,4-5,14H2,1-3H3. The van der Waals surface area contributed by atoms with E-state index < -0.39 is 16.9 Å². The van der Waals surface area contributed by atoms with Gasteiger partial charge in [0.2, 0.25) is 0 Å². The van der Waals surface area contributed by atoms with Gasteiger partial charge in [-0.25, -0.2) is 4.57 Å². The van der Waals surface area contributed by atoms with Gasteiger partial charge in [-0.3, -0.25) is 4.52 Å². The average Bonchev–Trinajstić information content (AvgIpc) is 2.62. The van der Waals surface area contributed by atoms with E-state index in [1.165, 1.54) is 24.3 Å². The van der Waals surface area contributed by atoms with E-state index in [9.17, 15) is 13.0 Å². The molecule has 2 aromatic rings. The van der Waals surface area contributed by atoms with E-state index in [1.807, 2.05) is 6.92 Å². The summed E-state index contributed by atoms with van der Waals surface area (Å²) in [5, 5.41) is 0. The summed E-state index contributed by atoms with van der Waals surface area (Å²) < 4.78 is 53.6. The van der Waals surface area contributed by atoms with Crippen LogP contribution in [-0.2, 0) is 19.2 Å². The summed E-state index contributed by atoms with van der Waals surface area (Å²) in [5.41, 5.74) is 0.714. The van der Waals surface area contributed by atoms with Crippen molar-refractivity contribution in [2.45, 2.75) is 32.1 Å². The summed E-state index contributed by atoms with van der Waals surface area (Å²) in [5.74, 6) is 1.17. The highest BCUT2D eigenvalue weighted by Crippen LogP contribution is 2.60. The van der Waals surface area contributed by atoms with E-state index in [0.717, 1.165) is 17.8 Å². The number of hydrogen-bond donors (Lipinski definition) is 0. The molecule has 2 aromatic carbocycles. The van der Waals surface area contributed by atoms with E-state index >= 15 is 0 Å². The molecule has 0 amide bonds. The van der Waals surface area contributed by atoms with Crippen LogP contribution in [-0.4, -0.2) is 20.8 Å². The predicted octanol–water partition coefficient (Wildman–Crippen LogP) is 5.43. The lowest BCUT2D eigenvalue weighted by Crippen LogP contribution is -2.10. The fourth-order valence-corrected chi connectivity index (χ4v) is 6.51. The quantitative estimate of drug-likeness (QED) is 0.367. The highest BCUT2D eigenvalue weighted by atomic mass is 32.7. The fourth-order valence-electron chi connectivity index (χ4n) is 2.06. The molecule has 9 heteroatoms. The van der Waals surface area contributed by atoms with E-state index in [0.29, 0.717) is 11.3 Å². The average molecular weight is 430 g/mol. The lowest BCUT2D eigenvalue weighted by molar-refractivity contribution is 0.296. The molecule has 148 valence electrons. The Hall–Kier alpha value is -1.47. The molecule has 0 saturated heterocycles. The molecule has 0 N–H and O–H groups in total. The largest absolute Gasteiger partial charge is 0.440 e. The highest BCUT2D eigenvalue weighted by molar-refractivity contribution is 8.55. The Kier molecular flexibility index (Phi) is 7.79. The molecule has 2 rings (SSSR count). The second kappa shape index (κ2) is 9.64. The van der Waals surface area contributed by atoms with E-state index in [2.05, 4.69) is 0 Å². The molecule has 1 atom stereocenters. The van der Waals surface area contributed by atoms with Gasteiger partial charge < -0.3 is 8.71 Å². The summed E-state index contributed by atoms with van der Waals surface area (Å²) in [6.07, 6.45) is 0.832. The predicted molar refractivity (Wildman–Crippen MR) is 108 cm³/mol. The van der Waals surface area contributed by atoms with E-state index in [-0.39, 0.29) is 23.0 Å². The number of benzene rings is 2. The summed E-state index contributed by atoms with van der Waals surface area (Å²) in [4.78, 5) is -0.0226. The van der Waals surface area contributed by atoms with Crippen molar-refractivity contribution in [1.82, 2.24) is 0 Å². The molecule has 0 aromatic heterocycles. The van der Waals surface area contributed by atoms with Gasteiger partial charge in [-0.05, 0) is 67.5 Å². The van der Waals surface area contributed by atoms with Crippen LogP contribution in [0.25, 0.3) is 0 Å². The Labute approximate surface area is 164 Å². The highest BCUT2D eigenvalue weighted by Gasteiger charge is 2.27. The molecular weight excluding hydrogens is 407 g/mol. The van der Waals surface area contributed by atoms with Crippen molar-refractivity contribution in [3.63, 3.8) is 0 Å². The van der Waals surface area contributed by atoms with E-state index in [1.54, 1.807) is 38.1 Å². The third kappa shape index (κ3) is 6.28. The van der Waals surface area contributed by atoms with Crippen LogP contribution in [0.1, 0.15) is 25.8 Å². The number of hydrogen-bond acceptors (Lipinski definition) is 7. The van der Waals surface area contributed by atoms with Crippen molar-refractivity contribution in [3.8, 4) is 11.5 Å². The Morgan fingerprint density at radius 2 is 1.70 bits per heavy atom. The normalized spacial score (nSPS) is 13.7. The maximum absolute atomic E-state index is 12.7. The van der Waals surface area contributed by atoms with Crippen molar-refractivity contribution in [1.29, 1.82) is 0 Å². The second-order valence-corrected chi connectivity index (χ2v) is 11.2. The zero-order valence-electron chi connectivity index (χ0n) is 15.5. The first kappa shape index (κ1) is 21.8. The maximum Gasteiger partial charge on any atom is 0.440 e. The molecule has 0 heterocycles. The van der Waals surface area contributed by atoms with Gasteiger partial charge in [-0.1, -0.05) is 25.1 Å². The van der Waals surface area contributed by atoms with Crippen molar-refractivity contribution < 1.29 is 26.2 Å². The minimum atomic E-state index is -3.98. The molecular formula is C18H23O6PS2. The van der Waals surface area contributed by atoms with Crippen molar-refractivity contribution in [3.05, 3.63) is 54.1 Å². The molecule has 0 bridgehead atoms. The third-order valence-corrected chi connectivity index (χ3v) is 8.56. The first-order valence-corrected chi connectivity index (χ1v) is 13.0. The first-order valence-electron chi connectivity index (χ1n) is 8.48. The second-order valence-electron chi connectivity index (χ2n) is 5.56. The summed E-state index contributed by atoms with van der Waals surface area (Å²) in [7, 11) is -3.98. The smallest absolute Gasteiger partial charge is 0.417 e. The van der Waals surface area contributed by atoms with Gasteiger partial charge in [-0.2, -0.15) is 8.42 Å². The molecule has 0 radical (unpaired) electrons. The van der Waals surface area contributed by atoms with Gasteiger partial charge in [0, 0.05) is 5.75 Å². The van der Waals surface area contributed by atoms with Gasteiger partial charge in [-0.15, -0.1) is 0 Å². The zero-order valence-corrected chi connectivity index (χ0v) is 18.0. The number of para-hydroxylation sites is 1. The topological polar surface area (TPSA) is 78.9 Å². The fraction of sp³-hybridized carbons (Fsp3) is 0.333. The molecule has 27 heavy (non-hydrogen) atoms. The Bertz CT molecular complexity index is 896. The van der Waals surface area contributed by atoms with Crippen LogP contribution in [0.4, 0.5) is 0 Å². The first-order chi connectivity index (χ1) is 12.8. The minimum Gasteiger partial charge on any atom is -0.417 e. The van der Waals surface area contributed by atoms with Crippen molar-refractivity contribution in [2.24, 2.45) is 0 Å². The van der Waals surface area contributed by atoms with Crippen LogP contribution in [0.15, 0.2) is 53.4 Å². The monoisotopic (exact) mass is 430 g/mol. The maximum atomic E-state index is 12.7. The van der Waals surface area contributed by atoms with Crippen LogP contribution in [0.5, 0.6) is 11.5 Å². The van der Waals surface area contributed by atoms with Crippen LogP contribution in [0.2, 0.25) is 0 Å². The Morgan fingerprint density at radius 3 is 2.30 bits per heavy atom. The Balaban J connectivity index is 2.16. The summed E-state index contributed by atoms with van der Waals surface area (Å²) >= 11 is 1.12. The zero-order chi connectivity index (χ0) is 19.9. The van der Waals surface area contributed by atoms with Gasteiger partial charge in [0.1, 0.15) is 16.4 Å².